The smallest absolute Gasteiger partial charge is 0.239 e. The Kier molecular flexibility index (Phi) is 7.55. The molecule has 22 heavy (non-hydrogen) atoms. The Balaban J connectivity index is 2.70. The molecule has 1 N–H and O–H groups in total. The van der Waals surface area contributed by atoms with Gasteiger partial charge in [0.2, 0.25) is 15.9 Å². The second-order valence-electron chi connectivity index (χ2n) is 5.36. The minimum atomic E-state index is -3.38. The van der Waals surface area contributed by atoms with Crippen LogP contribution in [0.2, 0.25) is 0 Å². The molecule has 5 nitrogen and oxygen atoms in total. The van der Waals surface area contributed by atoms with Crippen LogP contribution < -0.4 is 5.32 Å². The van der Waals surface area contributed by atoms with Gasteiger partial charge >= 0.3 is 0 Å². The maximum atomic E-state index is 12.2. The van der Waals surface area contributed by atoms with Gasteiger partial charge in [-0.05, 0) is 24.5 Å². The molecular formula is C16H26N2O3S. The molecule has 0 aliphatic rings. The van der Waals surface area contributed by atoms with E-state index in [2.05, 4.69) is 12.2 Å². The van der Waals surface area contributed by atoms with Gasteiger partial charge < -0.3 is 5.32 Å². The molecule has 1 aromatic rings. The molecule has 0 heterocycles. The molecule has 1 amide bonds. The number of hydrogen-bond acceptors (Lipinski definition) is 3. The van der Waals surface area contributed by atoms with Crippen LogP contribution in [0.25, 0.3) is 0 Å². The number of nitrogens with zero attached hydrogens (tertiary/aromatic N) is 1. The predicted molar refractivity (Wildman–Crippen MR) is 90.4 cm³/mol. The maximum absolute atomic E-state index is 12.2. The number of carbonyl (C=O) groups is 1. The third-order valence-electron chi connectivity index (χ3n) is 3.47. The van der Waals surface area contributed by atoms with E-state index in [1.54, 1.807) is 0 Å². The first-order chi connectivity index (χ1) is 10.4. The van der Waals surface area contributed by atoms with Crippen LogP contribution in [0, 0.1) is 0 Å². The molecule has 0 aromatic heterocycles. The molecule has 0 atom stereocenters. The van der Waals surface area contributed by atoms with Gasteiger partial charge in [-0.2, -0.15) is 4.31 Å². The molecular weight excluding hydrogens is 300 g/mol. The summed E-state index contributed by atoms with van der Waals surface area (Å²) in [5.41, 5.74) is 1.78. The molecule has 0 saturated heterocycles. The molecule has 1 rings (SSSR count). The van der Waals surface area contributed by atoms with E-state index in [-0.39, 0.29) is 12.5 Å². The van der Waals surface area contributed by atoms with Gasteiger partial charge in [-0.3, -0.25) is 4.79 Å². The number of anilines is 1. The summed E-state index contributed by atoms with van der Waals surface area (Å²) in [4.78, 5) is 12.2. The molecule has 0 aliphatic heterocycles. The first-order valence-corrected chi connectivity index (χ1v) is 9.56. The molecule has 0 radical (unpaired) electrons. The van der Waals surface area contributed by atoms with Crippen molar-refractivity contribution in [2.45, 2.75) is 39.5 Å². The quantitative estimate of drug-likeness (QED) is 0.709. The minimum absolute atomic E-state index is 0.138. The summed E-state index contributed by atoms with van der Waals surface area (Å²) in [6.07, 6.45) is 4.68. The Labute approximate surface area is 133 Å². The number of aryl methyl sites for hydroxylation is 1. The number of nitrogens with one attached hydrogen (secondary N) is 1. The summed E-state index contributed by atoms with van der Waals surface area (Å²) < 4.78 is 24.8. The molecule has 0 saturated carbocycles. The Morgan fingerprint density at radius 1 is 1.18 bits per heavy atom. The van der Waals surface area contributed by atoms with E-state index in [4.69, 9.17) is 0 Å². The number of sulfonamides is 1. The highest BCUT2D eigenvalue weighted by atomic mass is 32.2. The van der Waals surface area contributed by atoms with Crippen LogP contribution in [0.15, 0.2) is 24.3 Å². The predicted octanol–water partition coefficient (Wildman–Crippen LogP) is 2.64. The van der Waals surface area contributed by atoms with Crippen molar-refractivity contribution >= 4 is 21.6 Å². The van der Waals surface area contributed by atoms with Crippen molar-refractivity contribution in [3.05, 3.63) is 29.8 Å². The molecule has 0 aliphatic carbocycles. The average Bonchev–Trinajstić information content (AvgIpc) is 2.46. The number of carbonyl (C=O) groups excluding carboxylic acids is 1. The minimum Gasteiger partial charge on any atom is -0.325 e. The zero-order chi connectivity index (χ0) is 16.6. The summed E-state index contributed by atoms with van der Waals surface area (Å²) in [7, 11) is -3.38. The number of amides is 1. The lowest BCUT2D eigenvalue weighted by atomic mass is 10.1. The van der Waals surface area contributed by atoms with Crippen LogP contribution in [0.5, 0.6) is 0 Å². The Morgan fingerprint density at radius 3 is 2.45 bits per heavy atom. The van der Waals surface area contributed by atoms with Crippen LogP contribution in [-0.4, -0.2) is 38.0 Å². The van der Waals surface area contributed by atoms with E-state index in [1.807, 2.05) is 31.2 Å². The molecule has 0 spiro atoms. The second kappa shape index (κ2) is 8.90. The largest absolute Gasteiger partial charge is 0.325 e. The number of unbranched alkanes of at least 4 members (excludes halogenated alkanes) is 2. The van der Waals surface area contributed by atoms with Crippen LogP contribution in [0.4, 0.5) is 5.69 Å². The van der Waals surface area contributed by atoms with Crippen LogP contribution >= 0.6 is 0 Å². The molecule has 124 valence electrons. The van der Waals surface area contributed by atoms with Crippen molar-refractivity contribution in [3.8, 4) is 0 Å². The van der Waals surface area contributed by atoms with Gasteiger partial charge in [0, 0.05) is 12.2 Å². The zero-order valence-electron chi connectivity index (χ0n) is 13.6. The lowest BCUT2D eigenvalue weighted by Gasteiger charge is -2.19. The fraction of sp³-hybridized carbons (Fsp3) is 0.562. The van der Waals surface area contributed by atoms with Gasteiger partial charge in [0.15, 0.2) is 0 Å². The normalized spacial score (nSPS) is 11.6. The molecule has 6 heteroatoms. The van der Waals surface area contributed by atoms with Crippen molar-refractivity contribution in [1.29, 1.82) is 0 Å². The van der Waals surface area contributed by atoms with Gasteiger partial charge in [-0.1, -0.05) is 44.9 Å². The van der Waals surface area contributed by atoms with Crippen LogP contribution in [0.3, 0.4) is 0 Å². The lowest BCUT2D eigenvalue weighted by Crippen LogP contribution is -2.38. The van der Waals surface area contributed by atoms with Crippen molar-refractivity contribution in [1.82, 2.24) is 4.31 Å². The first kappa shape index (κ1) is 18.6. The van der Waals surface area contributed by atoms with Gasteiger partial charge in [-0.15, -0.1) is 0 Å². The van der Waals surface area contributed by atoms with E-state index < -0.39 is 10.0 Å². The first-order valence-electron chi connectivity index (χ1n) is 7.71. The van der Waals surface area contributed by atoms with Gasteiger partial charge in [-0.25, -0.2) is 8.42 Å². The highest BCUT2D eigenvalue weighted by molar-refractivity contribution is 7.88. The summed E-state index contributed by atoms with van der Waals surface area (Å²) in [6, 6.07) is 7.55. The number of para-hydroxylation sites is 1. The second-order valence-corrected chi connectivity index (χ2v) is 7.34. The van der Waals surface area contributed by atoms with E-state index >= 15 is 0 Å². The molecule has 0 bridgehead atoms. The van der Waals surface area contributed by atoms with Gasteiger partial charge in [0.25, 0.3) is 0 Å². The summed E-state index contributed by atoms with van der Waals surface area (Å²) in [5, 5.41) is 2.81. The SMILES string of the molecule is CCCCCN(CC(=O)Nc1ccccc1CC)S(C)(=O)=O. The fourth-order valence-electron chi connectivity index (χ4n) is 2.20. The van der Waals surface area contributed by atoms with E-state index in [9.17, 15) is 13.2 Å². The zero-order valence-corrected chi connectivity index (χ0v) is 14.4. The van der Waals surface area contributed by atoms with Crippen LogP contribution in [-0.2, 0) is 21.2 Å². The van der Waals surface area contributed by atoms with Crippen molar-refractivity contribution in [2.24, 2.45) is 0 Å². The lowest BCUT2D eigenvalue weighted by molar-refractivity contribution is -0.116. The fourth-order valence-corrected chi connectivity index (χ4v) is 3.01. The van der Waals surface area contributed by atoms with Crippen molar-refractivity contribution in [3.63, 3.8) is 0 Å². The van der Waals surface area contributed by atoms with Gasteiger partial charge in [0.05, 0.1) is 12.8 Å². The molecule has 1 aromatic carbocycles. The van der Waals surface area contributed by atoms with E-state index in [0.29, 0.717) is 6.54 Å². The summed E-state index contributed by atoms with van der Waals surface area (Å²) in [5.74, 6) is -0.303. The highest BCUT2D eigenvalue weighted by Crippen LogP contribution is 2.15. The topological polar surface area (TPSA) is 66.5 Å². The molecule has 0 fully saturated rings. The summed E-state index contributed by atoms with van der Waals surface area (Å²) in [6.45, 7) is 4.31. The Bertz CT molecular complexity index is 585. The standard InChI is InChI=1S/C16H26N2O3S/c1-4-6-9-12-18(22(3,20)21)13-16(19)17-15-11-8-7-10-14(15)5-2/h7-8,10-11H,4-6,9,12-13H2,1-3H3,(H,17,19). The van der Waals surface area contributed by atoms with Gasteiger partial charge in [0.1, 0.15) is 0 Å². The number of benzene rings is 1. The van der Waals surface area contributed by atoms with Crippen molar-refractivity contribution in [2.75, 3.05) is 24.7 Å². The molecule has 0 unspecified atom stereocenters. The average molecular weight is 326 g/mol. The monoisotopic (exact) mass is 326 g/mol. The summed E-state index contributed by atoms with van der Waals surface area (Å²) >= 11 is 0. The third kappa shape index (κ3) is 6.15. The maximum Gasteiger partial charge on any atom is 0.239 e. The third-order valence-corrected chi connectivity index (χ3v) is 4.72. The van der Waals surface area contributed by atoms with Crippen molar-refractivity contribution < 1.29 is 13.2 Å². The highest BCUT2D eigenvalue weighted by Gasteiger charge is 2.19. The van der Waals surface area contributed by atoms with E-state index in [1.165, 1.54) is 4.31 Å². The number of hydrogen-bond donors (Lipinski definition) is 1. The van der Waals surface area contributed by atoms with E-state index in [0.717, 1.165) is 43.2 Å². The Hall–Kier alpha value is -1.40. The van der Waals surface area contributed by atoms with Crippen LogP contribution in [0.1, 0.15) is 38.7 Å². The number of rotatable bonds is 9. The Morgan fingerprint density at radius 2 is 1.86 bits per heavy atom.